The SMILES string of the molecule is CCNCC(Cc1cc(F)ccc1Br)C1CCS(=O)(=O)C1. The lowest BCUT2D eigenvalue weighted by molar-refractivity contribution is 0.345. The second-order valence-electron chi connectivity index (χ2n) is 5.67. The van der Waals surface area contributed by atoms with Crippen LogP contribution in [0.4, 0.5) is 4.39 Å². The number of sulfone groups is 1. The Morgan fingerprint density at radius 3 is 2.86 bits per heavy atom. The average molecular weight is 378 g/mol. The fraction of sp³-hybridized carbons (Fsp3) is 0.600. The lowest BCUT2D eigenvalue weighted by Crippen LogP contribution is -2.30. The van der Waals surface area contributed by atoms with E-state index in [-0.39, 0.29) is 29.2 Å². The summed E-state index contributed by atoms with van der Waals surface area (Å²) in [5.74, 6) is 0.652. The van der Waals surface area contributed by atoms with E-state index in [0.717, 1.165) is 23.1 Å². The molecular weight excluding hydrogens is 357 g/mol. The van der Waals surface area contributed by atoms with Crippen molar-refractivity contribution < 1.29 is 12.8 Å². The van der Waals surface area contributed by atoms with Gasteiger partial charge >= 0.3 is 0 Å². The number of benzene rings is 1. The standard InChI is InChI=1S/C15H21BrFNO2S/c1-2-18-9-13(11-5-6-21(19,20)10-11)7-12-8-14(17)3-4-15(12)16/h3-4,8,11,13,18H,2,5-7,9-10H2,1H3. The van der Waals surface area contributed by atoms with E-state index < -0.39 is 9.84 Å². The first-order valence-electron chi connectivity index (χ1n) is 7.26. The predicted octanol–water partition coefficient (Wildman–Crippen LogP) is 2.79. The maximum absolute atomic E-state index is 13.4. The summed E-state index contributed by atoms with van der Waals surface area (Å²) in [7, 11) is -2.89. The molecule has 0 spiro atoms. The van der Waals surface area contributed by atoms with Gasteiger partial charge in [0.15, 0.2) is 9.84 Å². The van der Waals surface area contributed by atoms with Crippen molar-refractivity contribution in [3.8, 4) is 0 Å². The van der Waals surface area contributed by atoms with Crippen molar-refractivity contribution in [2.24, 2.45) is 11.8 Å². The monoisotopic (exact) mass is 377 g/mol. The molecule has 0 aromatic heterocycles. The van der Waals surface area contributed by atoms with Crippen LogP contribution in [0.1, 0.15) is 18.9 Å². The zero-order chi connectivity index (χ0) is 15.5. The van der Waals surface area contributed by atoms with Gasteiger partial charge in [-0.25, -0.2) is 12.8 Å². The third kappa shape index (κ3) is 4.76. The molecule has 1 aromatic rings. The first kappa shape index (κ1) is 16.9. The van der Waals surface area contributed by atoms with Gasteiger partial charge in [0.1, 0.15) is 5.82 Å². The van der Waals surface area contributed by atoms with Crippen molar-refractivity contribution in [1.29, 1.82) is 0 Å². The lowest BCUT2D eigenvalue weighted by atomic mass is 9.86. The maximum Gasteiger partial charge on any atom is 0.150 e. The molecule has 1 aromatic carbocycles. The molecule has 2 unspecified atom stereocenters. The van der Waals surface area contributed by atoms with E-state index in [1.807, 2.05) is 6.92 Å². The molecule has 2 rings (SSSR count). The zero-order valence-electron chi connectivity index (χ0n) is 12.1. The molecule has 21 heavy (non-hydrogen) atoms. The number of rotatable bonds is 6. The van der Waals surface area contributed by atoms with Crippen LogP contribution in [0, 0.1) is 17.7 Å². The van der Waals surface area contributed by atoms with Gasteiger partial charge in [0.25, 0.3) is 0 Å². The van der Waals surface area contributed by atoms with Gasteiger partial charge in [-0.2, -0.15) is 0 Å². The zero-order valence-corrected chi connectivity index (χ0v) is 14.5. The summed E-state index contributed by atoms with van der Waals surface area (Å²) in [5.41, 5.74) is 0.905. The molecule has 1 saturated heterocycles. The van der Waals surface area contributed by atoms with E-state index in [2.05, 4.69) is 21.2 Å². The van der Waals surface area contributed by atoms with E-state index in [4.69, 9.17) is 0 Å². The normalized spacial score (nSPS) is 22.3. The summed E-state index contributed by atoms with van der Waals surface area (Å²) in [6, 6.07) is 4.67. The highest BCUT2D eigenvalue weighted by molar-refractivity contribution is 9.10. The molecule has 0 saturated carbocycles. The molecule has 2 atom stereocenters. The van der Waals surface area contributed by atoms with Crippen molar-refractivity contribution in [3.63, 3.8) is 0 Å². The van der Waals surface area contributed by atoms with Gasteiger partial charge in [0.05, 0.1) is 11.5 Å². The molecule has 1 aliphatic heterocycles. The Balaban J connectivity index is 2.14. The van der Waals surface area contributed by atoms with Crippen molar-refractivity contribution in [2.45, 2.75) is 19.8 Å². The maximum atomic E-state index is 13.4. The van der Waals surface area contributed by atoms with Crippen LogP contribution >= 0.6 is 15.9 Å². The molecule has 0 bridgehead atoms. The minimum absolute atomic E-state index is 0.157. The van der Waals surface area contributed by atoms with Crippen LogP contribution < -0.4 is 5.32 Å². The van der Waals surface area contributed by atoms with Crippen LogP contribution in [-0.4, -0.2) is 33.0 Å². The Labute approximate surface area is 134 Å². The van der Waals surface area contributed by atoms with Crippen molar-refractivity contribution in [1.82, 2.24) is 5.32 Å². The fourth-order valence-electron chi connectivity index (χ4n) is 2.91. The Kier molecular flexibility index (Phi) is 5.80. The number of hydrogen-bond acceptors (Lipinski definition) is 3. The third-order valence-corrected chi connectivity index (χ3v) is 6.65. The van der Waals surface area contributed by atoms with Crippen LogP contribution in [0.25, 0.3) is 0 Å². The van der Waals surface area contributed by atoms with Gasteiger partial charge in [0.2, 0.25) is 0 Å². The van der Waals surface area contributed by atoms with Gasteiger partial charge < -0.3 is 5.32 Å². The highest BCUT2D eigenvalue weighted by atomic mass is 79.9. The summed E-state index contributed by atoms with van der Waals surface area (Å²) in [5, 5.41) is 3.30. The molecule has 1 aliphatic rings. The van der Waals surface area contributed by atoms with Crippen molar-refractivity contribution in [3.05, 3.63) is 34.1 Å². The number of nitrogens with one attached hydrogen (secondary N) is 1. The minimum Gasteiger partial charge on any atom is -0.317 e. The smallest absolute Gasteiger partial charge is 0.150 e. The van der Waals surface area contributed by atoms with E-state index in [1.165, 1.54) is 12.1 Å². The molecule has 1 N–H and O–H groups in total. The Morgan fingerprint density at radius 1 is 1.48 bits per heavy atom. The molecule has 0 aliphatic carbocycles. The molecule has 1 heterocycles. The molecular formula is C15H21BrFNO2S. The van der Waals surface area contributed by atoms with Crippen LogP contribution in [0.5, 0.6) is 0 Å². The quantitative estimate of drug-likeness (QED) is 0.828. The van der Waals surface area contributed by atoms with Crippen molar-refractivity contribution in [2.75, 3.05) is 24.6 Å². The number of halogens is 2. The van der Waals surface area contributed by atoms with E-state index in [9.17, 15) is 12.8 Å². The first-order chi connectivity index (χ1) is 9.91. The summed E-state index contributed by atoms with van der Waals surface area (Å²) < 4.78 is 37.7. The van der Waals surface area contributed by atoms with Gasteiger partial charge in [0, 0.05) is 4.47 Å². The highest BCUT2D eigenvalue weighted by Crippen LogP contribution is 2.30. The van der Waals surface area contributed by atoms with Gasteiger partial charge in [-0.1, -0.05) is 22.9 Å². The average Bonchev–Trinajstić information content (AvgIpc) is 2.78. The second kappa shape index (κ2) is 7.20. The van der Waals surface area contributed by atoms with Crippen LogP contribution in [0.15, 0.2) is 22.7 Å². The largest absolute Gasteiger partial charge is 0.317 e. The molecule has 118 valence electrons. The van der Waals surface area contributed by atoms with E-state index >= 15 is 0 Å². The summed E-state index contributed by atoms with van der Waals surface area (Å²) in [6.45, 7) is 3.64. The highest BCUT2D eigenvalue weighted by Gasteiger charge is 2.33. The second-order valence-corrected chi connectivity index (χ2v) is 8.75. The fourth-order valence-corrected chi connectivity index (χ4v) is 5.24. The van der Waals surface area contributed by atoms with Crippen molar-refractivity contribution >= 4 is 25.8 Å². The summed E-state index contributed by atoms with van der Waals surface area (Å²) >= 11 is 3.45. The molecule has 0 radical (unpaired) electrons. The number of hydrogen-bond donors (Lipinski definition) is 1. The topological polar surface area (TPSA) is 46.2 Å². The summed E-state index contributed by atoms with van der Waals surface area (Å²) in [6.07, 6.45) is 1.40. The van der Waals surface area contributed by atoms with Gasteiger partial charge in [-0.05, 0) is 61.5 Å². The third-order valence-electron chi connectivity index (χ3n) is 4.08. The van der Waals surface area contributed by atoms with E-state index in [1.54, 1.807) is 6.07 Å². The predicted molar refractivity (Wildman–Crippen MR) is 86.6 cm³/mol. The first-order valence-corrected chi connectivity index (χ1v) is 9.88. The molecule has 0 amide bonds. The van der Waals surface area contributed by atoms with Crippen LogP contribution in [-0.2, 0) is 16.3 Å². The Morgan fingerprint density at radius 2 is 2.24 bits per heavy atom. The molecule has 6 heteroatoms. The summed E-state index contributed by atoms with van der Waals surface area (Å²) in [4.78, 5) is 0. The minimum atomic E-state index is -2.89. The van der Waals surface area contributed by atoms with Crippen LogP contribution in [0.2, 0.25) is 0 Å². The van der Waals surface area contributed by atoms with Crippen LogP contribution in [0.3, 0.4) is 0 Å². The Bertz CT molecular complexity index is 591. The van der Waals surface area contributed by atoms with Gasteiger partial charge in [-0.3, -0.25) is 0 Å². The lowest BCUT2D eigenvalue weighted by Gasteiger charge is -2.23. The van der Waals surface area contributed by atoms with E-state index in [0.29, 0.717) is 12.8 Å². The van der Waals surface area contributed by atoms with Gasteiger partial charge in [-0.15, -0.1) is 0 Å². The molecule has 1 fully saturated rings. The molecule has 3 nitrogen and oxygen atoms in total. The Hall–Kier alpha value is -0.460.